The minimum atomic E-state index is -4.52. The average molecular weight is 375 g/mol. The molecule has 0 aromatic heterocycles. The molecule has 0 aliphatic carbocycles. The summed E-state index contributed by atoms with van der Waals surface area (Å²) < 4.78 is 39.9. The van der Waals surface area contributed by atoms with Crippen LogP contribution >= 0.6 is 28.1 Å². The number of nitrogens with one attached hydrogen (secondary N) is 1. The lowest BCUT2D eigenvalue weighted by molar-refractivity contribution is -0.137. The zero-order valence-electron chi connectivity index (χ0n) is 10.5. The lowest BCUT2D eigenvalue weighted by Crippen LogP contribution is -2.18. The molecule has 0 heterocycles. The van der Waals surface area contributed by atoms with E-state index in [1.165, 1.54) is 12.1 Å². The first-order valence-corrected chi connectivity index (χ1v) is 7.02. The number of hydrogen-bond acceptors (Lipinski definition) is 2. The summed E-state index contributed by atoms with van der Waals surface area (Å²) in [7, 11) is 0. The average Bonchev–Trinajstić information content (AvgIpc) is 2.40. The SMILES string of the molecule is NC(=S)c1ccc(Nc2ccccc2Br)cc1C(F)(F)F. The van der Waals surface area contributed by atoms with E-state index in [2.05, 4.69) is 33.5 Å². The van der Waals surface area contributed by atoms with Crippen LogP contribution in [-0.4, -0.2) is 4.99 Å². The molecule has 0 atom stereocenters. The van der Waals surface area contributed by atoms with Crippen LogP contribution in [0.1, 0.15) is 11.1 Å². The van der Waals surface area contributed by atoms with Crippen molar-refractivity contribution < 1.29 is 13.2 Å². The van der Waals surface area contributed by atoms with Crippen molar-refractivity contribution in [1.82, 2.24) is 0 Å². The van der Waals surface area contributed by atoms with Crippen LogP contribution in [0.15, 0.2) is 46.9 Å². The quantitative estimate of drug-likeness (QED) is 0.754. The van der Waals surface area contributed by atoms with Gasteiger partial charge < -0.3 is 11.1 Å². The van der Waals surface area contributed by atoms with Crippen molar-refractivity contribution in [2.45, 2.75) is 6.18 Å². The topological polar surface area (TPSA) is 38.0 Å². The number of alkyl halides is 3. The molecule has 2 rings (SSSR count). The normalized spacial score (nSPS) is 11.2. The highest BCUT2D eigenvalue weighted by molar-refractivity contribution is 9.10. The molecule has 21 heavy (non-hydrogen) atoms. The van der Waals surface area contributed by atoms with Crippen LogP contribution in [0.4, 0.5) is 24.5 Å². The molecular weight excluding hydrogens is 365 g/mol. The van der Waals surface area contributed by atoms with E-state index in [1.54, 1.807) is 18.2 Å². The van der Waals surface area contributed by atoms with Crippen LogP contribution in [0.2, 0.25) is 0 Å². The molecule has 0 bridgehead atoms. The van der Waals surface area contributed by atoms with E-state index in [0.717, 1.165) is 10.5 Å². The first-order chi connectivity index (χ1) is 9.79. The molecule has 3 N–H and O–H groups in total. The largest absolute Gasteiger partial charge is 0.417 e. The van der Waals surface area contributed by atoms with Crippen LogP contribution in [0, 0.1) is 0 Å². The fraction of sp³-hybridized carbons (Fsp3) is 0.0714. The first-order valence-electron chi connectivity index (χ1n) is 5.81. The lowest BCUT2D eigenvalue weighted by atomic mass is 10.1. The van der Waals surface area contributed by atoms with Gasteiger partial charge in [0.05, 0.1) is 11.3 Å². The molecule has 0 aliphatic rings. The van der Waals surface area contributed by atoms with Crippen molar-refractivity contribution in [3.05, 3.63) is 58.1 Å². The zero-order valence-corrected chi connectivity index (χ0v) is 12.9. The molecule has 0 spiro atoms. The van der Waals surface area contributed by atoms with Gasteiger partial charge >= 0.3 is 6.18 Å². The Hall–Kier alpha value is -1.60. The van der Waals surface area contributed by atoms with Crippen LogP contribution < -0.4 is 11.1 Å². The maximum absolute atomic E-state index is 13.1. The molecule has 0 unspecified atom stereocenters. The Labute approximate surface area is 133 Å². The first kappa shape index (κ1) is 15.8. The maximum atomic E-state index is 13.1. The van der Waals surface area contributed by atoms with Crippen molar-refractivity contribution in [3.63, 3.8) is 0 Å². The highest BCUT2D eigenvalue weighted by Crippen LogP contribution is 2.35. The molecule has 110 valence electrons. The van der Waals surface area contributed by atoms with Gasteiger partial charge in [-0.15, -0.1) is 0 Å². The van der Waals surface area contributed by atoms with E-state index in [4.69, 9.17) is 5.73 Å². The lowest BCUT2D eigenvalue weighted by Gasteiger charge is -2.15. The summed E-state index contributed by atoms with van der Waals surface area (Å²) in [4.78, 5) is -0.283. The number of rotatable bonds is 3. The molecule has 2 nitrogen and oxygen atoms in total. The van der Waals surface area contributed by atoms with Crippen LogP contribution in [-0.2, 0) is 6.18 Å². The van der Waals surface area contributed by atoms with Gasteiger partial charge in [0.25, 0.3) is 0 Å². The molecule has 0 amide bonds. The smallest absolute Gasteiger partial charge is 0.389 e. The third kappa shape index (κ3) is 3.74. The molecule has 0 saturated carbocycles. The summed E-state index contributed by atoms with van der Waals surface area (Å²) in [6.07, 6.45) is -4.52. The van der Waals surface area contributed by atoms with Crippen molar-refractivity contribution >= 4 is 44.5 Å². The molecule has 0 saturated heterocycles. The van der Waals surface area contributed by atoms with E-state index in [9.17, 15) is 13.2 Å². The van der Waals surface area contributed by atoms with Crippen LogP contribution in [0.3, 0.4) is 0 Å². The van der Waals surface area contributed by atoms with Crippen molar-refractivity contribution in [2.24, 2.45) is 5.73 Å². The van der Waals surface area contributed by atoms with E-state index in [-0.39, 0.29) is 10.6 Å². The monoisotopic (exact) mass is 374 g/mol. The van der Waals surface area contributed by atoms with Crippen molar-refractivity contribution in [2.75, 3.05) is 5.32 Å². The summed E-state index contributed by atoms with van der Waals surface area (Å²) in [6.45, 7) is 0. The van der Waals surface area contributed by atoms with Gasteiger partial charge in [-0.3, -0.25) is 0 Å². The summed E-state index contributed by atoms with van der Waals surface area (Å²) in [6, 6.07) is 10.9. The van der Waals surface area contributed by atoms with E-state index >= 15 is 0 Å². The maximum Gasteiger partial charge on any atom is 0.417 e. The second-order valence-electron chi connectivity index (χ2n) is 4.23. The van der Waals surface area contributed by atoms with Gasteiger partial charge in [0, 0.05) is 15.7 Å². The molecule has 0 radical (unpaired) electrons. The second-order valence-corrected chi connectivity index (χ2v) is 5.52. The number of nitrogens with two attached hydrogens (primary N) is 1. The minimum Gasteiger partial charge on any atom is -0.389 e. The Morgan fingerprint density at radius 2 is 1.81 bits per heavy atom. The van der Waals surface area contributed by atoms with Gasteiger partial charge in [0.1, 0.15) is 4.99 Å². The second kappa shape index (κ2) is 6.03. The van der Waals surface area contributed by atoms with Crippen molar-refractivity contribution in [3.8, 4) is 0 Å². The van der Waals surface area contributed by atoms with Gasteiger partial charge in [-0.1, -0.05) is 24.4 Å². The highest BCUT2D eigenvalue weighted by Gasteiger charge is 2.34. The molecule has 0 aliphatic heterocycles. The van der Waals surface area contributed by atoms with Gasteiger partial charge in [-0.05, 0) is 46.3 Å². The van der Waals surface area contributed by atoms with Crippen molar-refractivity contribution in [1.29, 1.82) is 0 Å². The molecule has 2 aromatic carbocycles. The Kier molecular flexibility index (Phi) is 4.53. The molecular formula is C14H10BrF3N2S. The van der Waals surface area contributed by atoms with Gasteiger partial charge in [0.2, 0.25) is 0 Å². The fourth-order valence-corrected chi connectivity index (χ4v) is 2.35. The van der Waals surface area contributed by atoms with Gasteiger partial charge in [0.15, 0.2) is 0 Å². The summed E-state index contributed by atoms with van der Waals surface area (Å²) in [5.41, 5.74) is 5.26. The van der Waals surface area contributed by atoms with Gasteiger partial charge in [-0.25, -0.2) is 0 Å². The van der Waals surface area contributed by atoms with Crippen LogP contribution in [0.25, 0.3) is 0 Å². The predicted octanol–water partition coefficient (Wildman–Crippen LogP) is 4.85. The molecule has 2 aromatic rings. The molecule has 0 fully saturated rings. The van der Waals surface area contributed by atoms with E-state index in [1.807, 2.05) is 6.07 Å². The Balaban J connectivity index is 2.43. The Morgan fingerprint density at radius 3 is 2.38 bits per heavy atom. The number of hydrogen-bond donors (Lipinski definition) is 2. The van der Waals surface area contributed by atoms with E-state index in [0.29, 0.717) is 11.4 Å². The highest BCUT2D eigenvalue weighted by atomic mass is 79.9. The summed E-state index contributed by atoms with van der Waals surface area (Å²) >= 11 is 7.99. The number of benzene rings is 2. The fourth-order valence-electron chi connectivity index (χ4n) is 1.79. The standard InChI is InChI=1S/C14H10BrF3N2S/c15-11-3-1-2-4-12(11)20-8-5-6-9(13(19)21)10(7-8)14(16,17)18/h1-7,20H,(H2,19,21). The summed E-state index contributed by atoms with van der Waals surface area (Å²) in [5, 5.41) is 2.92. The zero-order chi connectivity index (χ0) is 15.6. The summed E-state index contributed by atoms with van der Waals surface area (Å²) in [5.74, 6) is 0. The third-order valence-corrected chi connectivity index (χ3v) is 3.65. The Bertz CT molecular complexity index is 686. The third-order valence-electron chi connectivity index (χ3n) is 2.74. The number of thiocarbonyl (C=S) groups is 1. The predicted molar refractivity (Wildman–Crippen MR) is 84.8 cm³/mol. The number of para-hydroxylation sites is 1. The van der Waals surface area contributed by atoms with Crippen LogP contribution in [0.5, 0.6) is 0 Å². The van der Waals surface area contributed by atoms with Gasteiger partial charge in [-0.2, -0.15) is 13.2 Å². The molecule has 7 heteroatoms. The number of anilines is 2. The minimum absolute atomic E-state index is 0.185. The number of halogens is 4. The van der Waals surface area contributed by atoms with E-state index < -0.39 is 11.7 Å². The Morgan fingerprint density at radius 1 is 1.14 bits per heavy atom.